The Morgan fingerprint density at radius 3 is 2.26 bits per heavy atom. The van der Waals surface area contributed by atoms with Crippen LogP contribution in [-0.2, 0) is 4.79 Å². The van der Waals surface area contributed by atoms with E-state index in [2.05, 4.69) is 15.3 Å². The van der Waals surface area contributed by atoms with Crippen molar-refractivity contribution in [2.24, 2.45) is 0 Å². The molecule has 2 rings (SSSR count). The maximum Gasteiger partial charge on any atom is 0.223 e. The summed E-state index contributed by atoms with van der Waals surface area (Å²) >= 11 is 0. The maximum absolute atomic E-state index is 11.2. The van der Waals surface area contributed by atoms with Gasteiger partial charge in [-0.05, 0) is 25.5 Å². The summed E-state index contributed by atoms with van der Waals surface area (Å²) in [6.45, 7) is 3.66. The number of nitrogens with one attached hydrogen (secondary N) is 1. The van der Waals surface area contributed by atoms with Gasteiger partial charge in [0.2, 0.25) is 5.95 Å². The van der Waals surface area contributed by atoms with Crippen molar-refractivity contribution in [2.45, 2.75) is 19.9 Å². The first-order chi connectivity index (χ1) is 9.06. The Morgan fingerprint density at radius 2 is 1.74 bits per heavy atom. The van der Waals surface area contributed by atoms with Gasteiger partial charge >= 0.3 is 0 Å². The predicted molar refractivity (Wildman–Crippen MR) is 69.3 cm³/mol. The molecule has 0 aliphatic carbocycles. The molecule has 1 atom stereocenters. The lowest BCUT2D eigenvalue weighted by atomic mass is 10.1. The van der Waals surface area contributed by atoms with Crippen LogP contribution in [0, 0.1) is 13.8 Å². The highest BCUT2D eigenvalue weighted by Crippen LogP contribution is 2.17. The predicted octanol–water partition coefficient (Wildman–Crippen LogP) is 0.997. The van der Waals surface area contributed by atoms with Gasteiger partial charge in [0.05, 0.1) is 12.0 Å². The molecular formula is C14H14N3O2-. The Hall–Kier alpha value is -2.43. The van der Waals surface area contributed by atoms with Crippen LogP contribution >= 0.6 is 0 Å². The molecule has 1 heterocycles. The number of anilines is 1. The number of rotatable bonds is 4. The minimum Gasteiger partial charge on any atom is -0.548 e. The average Bonchev–Trinajstić information content (AvgIpc) is 2.35. The van der Waals surface area contributed by atoms with E-state index < -0.39 is 12.0 Å². The first-order valence-corrected chi connectivity index (χ1v) is 5.91. The van der Waals surface area contributed by atoms with Crippen LogP contribution in [-0.4, -0.2) is 15.9 Å². The Kier molecular flexibility index (Phi) is 3.75. The lowest BCUT2D eigenvalue weighted by Crippen LogP contribution is -2.34. The topological polar surface area (TPSA) is 77.9 Å². The van der Waals surface area contributed by atoms with Crippen LogP contribution in [0.5, 0.6) is 0 Å². The van der Waals surface area contributed by atoms with E-state index in [0.29, 0.717) is 5.56 Å². The number of nitrogens with zero attached hydrogens (tertiary/aromatic N) is 2. The standard InChI is InChI=1S/C14H15N3O2/c1-9-8-10(2)16-14(15-9)17-12(13(18)19)11-6-4-3-5-7-11/h3-8,12H,1-2H3,(H,18,19)(H,15,16,17)/p-1/t12-/m0/s1. The van der Waals surface area contributed by atoms with Gasteiger partial charge in [-0.15, -0.1) is 0 Å². The molecule has 5 nitrogen and oxygen atoms in total. The van der Waals surface area contributed by atoms with Gasteiger partial charge in [-0.1, -0.05) is 30.3 Å². The van der Waals surface area contributed by atoms with E-state index in [1.165, 1.54) is 0 Å². The van der Waals surface area contributed by atoms with Crippen LogP contribution in [0.25, 0.3) is 0 Å². The Labute approximate surface area is 111 Å². The van der Waals surface area contributed by atoms with Crippen molar-refractivity contribution in [3.63, 3.8) is 0 Å². The zero-order valence-corrected chi connectivity index (χ0v) is 10.8. The van der Waals surface area contributed by atoms with Gasteiger partial charge in [-0.2, -0.15) is 0 Å². The largest absolute Gasteiger partial charge is 0.548 e. The fraction of sp³-hybridized carbons (Fsp3) is 0.214. The Bertz CT molecular complexity index is 564. The third-order valence-corrected chi connectivity index (χ3v) is 2.62. The minimum atomic E-state index is -1.21. The van der Waals surface area contributed by atoms with E-state index in [9.17, 15) is 9.90 Å². The van der Waals surface area contributed by atoms with Crippen LogP contribution in [0.1, 0.15) is 23.0 Å². The van der Waals surface area contributed by atoms with Gasteiger partial charge in [-0.25, -0.2) is 9.97 Å². The Balaban J connectivity index is 2.29. The number of carbonyl (C=O) groups is 1. The molecule has 1 N–H and O–H groups in total. The monoisotopic (exact) mass is 256 g/mol. The summed E-state index contributed by atoms with van der Waals surface area (Å²) in [5, 5.41) is 14.0. The zero-order valence-electron chi connectivity index (χ0n) is 10.8. The number of aromatic nitrogens is 2. The molecule has 5 heteroatoms. The smallest absolute Gasteiger partial charge is 0.223 e. The van der Waals surface area contributed by atoms with Crippen molar-refractivity contribution in [3.05, 3.63) is 53.3 Å². The highest BCUT2D eigenvalue weighted by atomic mass is 16.4. The van der Waals surface area contributed by atoms with Crippen molar-refractivity contribution < 1.29 is 9.90 Å². The molecule has 0 unspecified atom stereocenters. The van der Waals surface area contributed by atoms with E-state index in [1.54, 1.807) is 24.3 Å². The molecule has 1 aromatic carbocycles. The zero-order chi connectivity index (χ0) is 13.8. The van der Waals surface area contributed by atoms with E-state index in [1.807, 2.05) is 26.0 Å². The summed E-state index contributed by atoms with van der Waals surface area (Å²) in [7, 11) is 0. The minimum absolute atomic E-state index is 0.288. The number of carboxylic acid groups (broad SMARTS) is 1. The van der Waals surface area contributed by atoms with Crippen molar-refractivity contribution in [2.75, 3.05) is 5.32 Å². The number of hydrogen-bond donors (Lipinski definition) is 1. The summed E-state index contributed by atoms with van der Waals surface area (Å²) in [4.78, 5) is 19.6. The quantitative estimate of drug-likeness (QED) is 0.882. The fourth-order valence-electron chi connectivity index (χ4n) is 1.84. The summed E-state index contributed by atoms with van der Waals surface area (Å²) in [6, 6.07) is 9.66. The second-order valence-electron chi connectivity index (χ2n) is 4.28. The number of benzene rings is 1. The summed E-state index contributed by atoms with van der Waals surface area (Å²) in [5.41, 5.74) is 2.16. The Morgan fingerprint density at radius 1 is 1.16 bits per heavy atom. The molecule has 0 saturated carbocycles. The molecule has 0 spiro atoms. The van der Waals surface area contributed by atoms with Crippen LogP contribution in [0.2, 0.25) is 0 Å². The number of carboxylic acids is 1. The van der Waals surface area contributed by atoms with Crippen LogP contribution in [0.3, 0.4) is 0 Å². The van der Waals surface area contributed by atoms with Crippen molar-refractivity contribution >= 4 is 11.9 Å². The molecular weight excluding hydrogens is 242 g/mol. The highest BCUT2D eigenvalue weighted by molar-refractivity contribution is 5.76. The third-order valence-electron chi connectivity index (χ3n) is 2.62. The van der Waals surface area contributed by atoms with E-state index >= 15 is 0 Å². The van der Waals surface area contributed by atoms with Gasteiger partial charge < -0.3 is 15.2 Å². The molecule has 0 amide bonds. The second-order valence-corrected chi connectivity index (χ2v) is 4.28. The first-order valence-electron chi connectivity index (χ1n) is 5.91. The van der Waals surface area contributed by atoms with Gasteiger partial charge in [0.25, 0.3) is 0 Å². The molecule has 0 aliphatic heterocycles. The van der Waals surface area contributed by atoms with Crippen molar-refractivity contribution in [1.82, 2.24) is 9.97 Å². The van der Waals surface area contributed by atoms with Gasteiger partial charge in [-0.3, -0.25) is 0 Å². The third kappa shape index (κ3) is 3.28. The molecule has 0 saturated heterocycles. The van der Waals surface area contributed by atoms with Crippen molar-refractivity contribution in [3.8, 4) is 0 Å². The second kappa shape index (κ2) is 5.48. The fourth-order valence-corrected chi connectivity index (χ4v) is 1.84. The summed E-state index contributed by atoms with van der Waals surface area (Å²) in [6.07, 6.45) is 0. The first kappa shape index (κ1) is 13.0. The number of carbonyl (C=O) groups excluding carboxylic acids is 1. The molecule has 2 aromatic rings. The molecule has 19 heavy (non-hydrogen) atoms. The van der Waals surface area contributed by atoms with E-state index in [-0.39, 0.29) is 5.95 Å². The van der Waals surface area contributed by atoms with Gasteiger partial charge in [0, 0.05) is 11.4 Å². The highest BCUT2D eigenvalue weighted by Gasteiger charge is 2.13. The lowest BCUT2D eigenvalue weighted by molar-refractivity contribution is -0.307. The van der Waals surface area contributed by atoms with Crippen LogP contribution < -0.4 is 10.4 Å². The normalized spacial score (nSPS) is 11.9. The lowest BCUT2D eigenvalue weighted by Gasteiger charge is -2.20. The average molecular weight is 256 g/mol. The molecule has 98 valence electrons. The number of aliphatic carboxylic acids is 1. The van der Waals surface area contributed by atoms with Crippen LogP contribution in [0.4, 0.5) is 5.95 Å². The summed E-state index contributed by atoms with van der Waals surface area (Å²) < 4.78 is 0. The molecule has 0 bridgehead atoms. The number of hydrogen-bond acceptors (Lipinski definition) is 5. The molecule has 0 fully saturated rings. The van der Waals surface area contributed by atoms with E-state index in [4.69, 9.17) is 0 Å². The molecule has 0 aliphatic rings. The van der Waals surface area contributed by atoms with Crippen LogP contribution in [0.15, 0.2) is 36.4 Å². The SMILES string of the molecule is Cc1cc(C)nc(N[C@H](C(=O)[O-])c2ccccc2)n1. The van der Waals surface area contributed by atoms with Gasteiger partial charge in [0.1, 0.15) is 0 Å². The maximum atomic E-state index is 11.2. The number of aryl methyl sites for hydroxylation is 2. The van der Waals surface area contributed by atoms with E-state index in [0.717, 1.165) is 11.4 Å². The van der Waals surface area contributed by atoms with Crippen molar-refractivity contribution in [1.29, 1.82) is 0 Å². The van der Waals surface area contributed by atoms with Gasteiger partial charge in [0.15, 0.2) is 0 Å². The summed E-state index contributed by atoms with van der Waals surface area (Å²) in [5.74, 6) is -0.926. The molecule has 1 aromatic heterocycles. The molecule has 0 radical (unpaired) electrons.